The Balaban J connectivity index is 2.36. The lowest BCUT2D eigenvalue weighted by Crippen LogP contribution is -1.98. The summed E-state index contributed by atoms with van der Waals surface area (Å²) < 4.78 is 5.16. The molecule has 0 amide bonds. The van der Waals surface area contributed by atoms with E-state index < -0.39 is 0 Å². The van der Waals surface area contributed by atoms with Crippen molar-refractivity contribution in [2.45, 2.75) is 12.8 Å². The lowest BCUT2D eigenvalue weighted by Gasteiger charge is -2.01. The van der Waals surface area contributed by atoms with Gasteiger partial charge in [-0.2, -0.15) is 0 Å². The second-order valence-electron chi connectivity index (χ2n) is 3.83. The van der Waals surface area contributed by atoms with E-state index >= 15 is 0 Å². The predicted octanol–water partition coefficient (Wildman–Crippen LogP) is 3.38. The SMILES string of the molecule is COc1ccc2[nH]cc(C(=O)CCCCl)c2c1. The van der Waals surface area contributed by atoms with Crippen LogP contribution in [0.5, 0.6) is 5.75 Å². The fourth-order valence-electron chi connectivity index (χ4n) is 1.82. The van der Waals surface area contributed by atoms with Gasteiger partial charge in [-0.25, -0.2) is 0 Å². The third-order valence-corrected chi connectivity index (χ3v) is 2.99. The number of alkyl halides is 1. The zero-order valence-corrected chi connectivity index (χ0v) is 10.4. The number of fused-ring (bicyclic) bond motifs is 1. The zero-order chi connectivity index (χ0) is 12.3. The number of aromatic nitrogens is 1. The molecule has 2 rings (SSSR count). The average molecular weight is 252 g/mol. The molecule has 0 aliphatic heterocycles. The van der Waals surface area contributed by atoms with Crippen LogP contribution in [0.1, 0.15) is 23.2 Å². The normalized spacial score (nSPS) is 10.7. The number of ether oxygens (including phenoxy) is 1. The first kappa shape index (κ1) is 12.0. The molecule has 17 heavy (non-hydrogen) atoms. The standard InChI is InChI=1S/C13H14ClNO2/c1-17-9-4-5-12-10(7-9)11(8-15-12)13(16)3-2-6-14/h4-5,7-8,15H,2-3,6H2,1H3. The minimum Gasteiger partial charge on any atom is -0.497 e. The maximum atomic E-state index is 12.0. The van der Waals surface area contributed by atoms with Crippen LogP contribution in [0, 0.1) is 0 Å². The van der Waals surface area contributed by atoms with Crippen molar-refractivity contribution in [1.29, 1.82) is 0 Å². The van der Waals surface area contributed by atoms with Crippen molar-refractivity contribution in [2.75, 3.05) is 13.0 Å². The quantitative estimate of drug-likeness (QED) is 0.654. The number of aromatic amines is 1. The van der Waals surface area contributed by atoms with E-state index in [4.69, 9.17) is 16.3 Å². The van der Waals surface area contributed by atoms with Crippen molar-refractivity contribution < 1.29 is 9.53 Å². The third-order valence-electron chi connectivity index (χ3n) is 2.73. The van der Waals surface area contributed by atoms with Gasteiger partial charge in [0.15, 0.2) is 5.78 Å². The van der Waals surface area contributed by atoms with Crippen LogP contribution in [0.2, 0.25) is 0 Å². The van der Waals surface area contributed by atoms with E-state index in [-0.39, 0.29) is 5.78 Å². The molecule has 0 radical (unpaired) electrons. The summed E-state index contributed by atoms with van der Waals surface area (Å²) >= 11 is 5.59. The van der Waals surface area contributed by atoms with Crippen LogP contribution in [-0.2, 0) is 0 Å². The first-order valence-corrected chi connectivity index (χ1v) is 6.04. The Hall–Kier alpha value is -1.48. The maximum Gasteiger partial charge on any atom is 0.165 e. The van der Waals surface area contributed by atoms with Gasteiger partial charge in [0, 0.05) is 35.0 Å². The summed E-state index contributed by atoms with van der Waals surface area (Å²) in [5.41, 5.74) is 1.66. The molecule has 0 unspecified atom stereocenters. The Morgan fingerprint density at radius 2 is 2.29 bits per heavy atom. The van der Waals surface area contributed by atoms with Crippen molar-refractivity contribution >= 4 is 28.3 Å². The number of nitrogens with one attached hydrogen (secondary N) is 1. The number of hydrogen-bond donors (Lipinski definition) is 1. The molecule has 1 N–H and O–H groups in total. The van der Waals surface area contributed by atoms with Gasteiger partial charge in [-0.05, 0) is 24.6 Å². The molecule has 0 saturated carbocycles. The summed E-state index contributed by atoms with van der Waals surface area (Å²) in [7, 11) is 1.61. The number of hydrogen-bond acceptors (Lipinski definition) is 2. The van der Waals surface area contributed by atoms with E-state index in [1.54, 1.807) is 13.3 Å². The highest BCUT2D eigenvalue weighted by Crippen LogP contribution is 2.24. The second-order valence-corrected chi connectivity index (χ2v) is 4.21. The van der Waals surface area contributed by atoms with E-state index in [2.05, 4.69) is 4.98 Å². The first-order valence-electron chi connectivity index (χ1n) is 5.50. The number of Topliss-reactive ketones (excluding diaryl/α,β-unsaturated/α-hetero) is 1. The van der Waals surface area contributed by atoms with Gasteiger partial charge >= 0.3 is 0 Å². The molecule has 0 aliphatic carbocycles. The smallest absolute Gasteiger partial charge is 0.165 e. The molecule has 1 aromatic carbocycles. The van der Waals surface area contributed by atoms with E-state index in [1.807, 2.05) is 18.2 Å². The van der Waals surface area contributed by atoms with Crippen LogP contribution < -0.4 is 4.74 Å². The summed E-state index contributed by atoms with van der Waals surface area (Å²) in [5.74, 6) is 1.38. The summed E-state index contributed by atoms with van der Waals surface area (Å²) in [6, 6.07) is 5.65. The summed E-state index contributed by atoms with van der Waals surface area (Å²) in [4.78, 5) is 15.0. The van der Waals surface area contributed by atoms with Gasteiger partial charge in [-0.3, -0.25) is 4.79 Å². The first-order chi connectivity index (χ1) is 8.26. The zero-order valence-electron chi connectivity index (χ0n) is 9.63. The summed E-state index contributed by atoms with van der Waals surface area (Å²) in [6.45, 7) is 0. The molecule has 0 saturated heterocycles. The molecule has 1 heterocycles. The lowest BCUT2D eigenvalue weighted by atomic mass is 10.1. The number of rotatable bonds is 5. The molecule has 1 aromatic heterocycles. The van der Waals surface area contributed by atoms with Gasteiger partial charge in [0.1, 0.15) is 5.75 Å². The molecule has 0 fully saturated rings. The number of halogens is 1. The summed E-state index contributed by atoms with van der Waals surface area (Å²) in [6.07, 6.45) is 2.94. The van der Waals surface area contributed by atoms with Gasteiger partial charge < -0.3 is 9.72 Å². The number of carbonyl (C=O) groups is 1. The van der Waals surface area contributed by atoms with Crippen molar-refractivity contribution in [1.82, 2.24) is 4.98 Å². The Labute approximate surface area is 105 Å². The van der Waals surface area contributed by atoms with E-state index in [9.17, 15) is 4.79 Å². The molecular formula is C13H14ClNO2. The van der Waals surface area contributed by atoms with Gasteiger partial charge in [0.05, 0.1) is 7.11 Å². The van der Waals surface area contributed by atoms with Gasteiger partial charge in [-0.15, -0.1) is 11.6 Å². The second kappa shape index (κ2) is 5.23. The Bertz CT molecular complexity index is 533. The third kappa shape index (κ3) is 2.44. The van der Waals surface area contributed by atoms with Crippen molar-refractivity contribution in [2.24, 2.45) is 0 Å². The highest BCUT2D eigenvalue weighted by atomic mass is 35.5. The number of carbonyl (C=O) groups excluding carboxylic acids is 1. The molecule has 0 atom stereocenters. The predicted molar refractivity (Wildman–Crippen MR) is 69.1 cm³/mol. The minimum absolute atomic E-state index is 0.116. The molecule has 3 nitrogen and oxygen atoms in total. The van der Waals surface area contributed by atoms with Crippen LogP contribution in [0.4, 0.5) is 0 Å². The molecule has 90 valence electrons. The molecule has 0 bridgehead atoms. The number of methoxy groups -OCH3 is 1. The highest BCUT2D eigenvalue weighted by Gasteiger charge is 2.12. The maximum absolute atomic E-state index is 12.0. The van der Waals surface area contributed by atoms with Gasteiger partial charge in [-0.1, -0.05) is 0 Å². The Kier molecular flexibility index (Phi) is 3.69. The van der Waals surface area contributed by atoms with Crippen LogP contribution >= 0.6 is 11.6 Å². The van der Waals surface area contributed by atoms with Gasteiger partial charge in [0.2, 0.25) is 0 Å². The number of H-pyrrole nitrogens is 1. The molecule has 4 heteroatoms. The number of ketones is 1. The van der Waals surface area contributed by atoms with Gasteiger partial charge in [0.25, 0.3) is 0 Å². The highest BCUT2D eigenvalue weighted by molar-refractivity contribution is 6.18. The van der Waals surface area contributed by atoms with Crippen LogP contribution in [0.25, 0.3) is 10.9 Å². The monoisotopic (exact) mass is 251 g/mol. The largest absolute Gasteiger partial charge is 0.497 e. The Morgan fingerprint density at radius 3 is 3.00 bits per heavy atom. The van der Waals surface area contributed by atoms with E-state index in [1.165, 1.54) is 0 Å². The minimum atomic E-state index is 0.116. The Morgan fingerprint density at radius 1 is 1.47 bits per heavy atom. The fourth-order valence-corrected chi connectivity index (χ4v) is 1.95. The van der Waals surface area contributed by atoms with E-state index in [0.717, 1.165) is 16.7 Å². The summed E-state index contributed by atoms with van der Waals surface area (Å²) in [5, 5.41) is 0.906. The van der Waals surface area contributed by atoms with Crippen LogP contribution in [0.3, 0.4) is 0 Å². The van der Waals surface area contributed by atoms with Crippen molar-refractivity contribution in [3.63, 3.8) is 0 Å². The topological polar surface area (TPSA) is 42.1 Å². The number of benzene rings is 1. The van der Waals surface area contributed by atoms with E-state index in [0.29, 0.717) is 24.3 Å². The molecular weight excluding hydrogens is 238 g/mol. The fraction of sp³-hybridized carbons (Fsp3) is 0.308. The molecule has 0 spiro atoms. The van der Waals surface area contributed by atoms with Crippen molar-refractivity contribution in [3.05, 3.63) is 30.0 Å². The lowest BCUT2D eigenvalue weighted by molar-refractivity contribution is 0.0983. The average Bonchev–Trinajstić information content (AvgIpc) is 2.78. The molecule has 2 aromatic rings. The molecule has 0 aliphatic rings. The van der Waals surface area contributed by atoms with Crippen LogP contribution in [-0.4, -0.2) is 23.8 Å². The van der Waals surface area contributed by atoms with Crippen molar-refractivity contribution in [3.8, 4) is 5.75 Å². The van der Waals surface area contributed by atoms with Crippen LogP contribution in [0.15, 0.2) is 24.4 Å².